The summed E-state index contributed by atoms with van der Waals surface area (Å²) in [6.07, 6.45) is 0. The number of sulfonamides is 1. The summed E-state index contributed by atoms with van der Waals surface area (Å²) in [7, 11) is -3.40. The molecule has 0 aliphatic carbocycles. The van der Waals surface area contributed by atoms with Crippen LogP contribution < -0.4 is 0 Å². The van der Waals surface area contributed by atoms with E-state index in [9.17, 15) is 8.42 Å². The lowest BCUT2D eigenvalue weighted by Gasteiger charge is -2.46. The molecule has 6 heteroatoms. The van der Waals surface area contributed by atoms with Gasteiger partial charge in [0.15, 0.2) is 0 Å². The quantitative estimate of drug-likeness (QED) is 0.843. The third-order valence-corrected chi connectivity index (χ3v) is 6.11. The summed E-state index contributed by atoms with van der Waals surface area (Å²) >= 11 is 0. The highest BCUT2D eigenvalue weighted by Gasteiger charge is 2.34. The van der Waals surface area contributed by atoms with Gasteiger partial charge in [-0.25, -0.2) is 8.42 Å². The zero-order chi connectivity index (χ0) is 15.8. The lowest BCUT2D eigenvalue weighted by Crippen LogP contribution is -2.52. The van der Waals surface area contributed by atoms with Crippen LogP contribution >= 0.6 is 0 Å². The van der Waals surface area contributed by atoms with Gasteiger partial charge in [0.2, 0.25) is 10.0 Å². The standard InChI is InChI=1S/C16H24N2O3S/c1-16(2)12-17(13-16)11-14-4-3-5-15(10-14)22(19,20)18-6-8-21-9-7-18/h3-5,10H,6-9,11-13H2,1-2H3. The summed E-state index contributed by atoms with van der Waals surface area (Å²) in [5, 5.41) is 0. The third-order valence-electron chi connectivity index (χ3n) is 4.22. The Bertz CT molecular complexity index is 629. The summed E-state index contributed by atoms with van der Waals surface area (Å²) < 4.78 is 32.1. The molecule has 5 nitrogen and oxygen atoms in total. The van der Waals surface area contributed by atoms with Gasteiger partial charge in [0, 0.05) is 32.7 Å². The van der Waals surface area contributed by atoms with Crippen molar-refractivity contribution >= 4 is 10.0 Å². The highest BCUT2D eigenvalue weighted by atomic mass is 32.2. The zero-order valence-corrected chi connectivity index (χ0v) is 14.1. The first kappa shape index (κ1) is 15.9. The molecule has 0 bridgehead atoms. The second-order valence-electron chi connectivity index (χ2n) is 6.97. The van der Waals surface area contributed by atoms with Gasteiger partial charge in [-0.05, 0) is 23.1 Å². The fourth-order valence-corrected chi connectivity index (χ4v) is 4.75. The topological polar surface area (TPSA) is 49.9 Å². The van der Waals surface area contributed by atoms with Crippen LogP contribution in [0.3, 0.4) is 0 Å². The largest absolute Gasteiger partial charge is 0.379 e. The van der Waals surface area contributed by atoms with Crippen molar-refractivity contribution in [1.82, 2.24) is 9.21 Å². The van der Waals surface area contributed by atoms with Crippen molar-refractivity contribution in [1.29, 1.82) is 0 Å². The maximum absolute atomic E-state index is 12.7. The fraction of sp³-hybridized carbons (Fsp3) is 0.625. The number of morpholine rings is 1. The summed E-state index contributed by atoms with van der Waals surface area (Å²) in [4.78, 5) is 2.74. The van der Waals surface area contributed by atoms with E-state index in [1.807, 2.05) is 18.2 Å². The Morgan fingerprint density at radius 1 is 1.18 bits per heavy atom. The molecule has 3 rings (SSSR count). The van der Waals surface area contributed by atoms with Gasteiger partial charge in [-0.15, -0.1) is 0 Å². The first-order valence-electron chi connectivity index (χ1n) is 7.76. The van der Waals surface area contributed by atoms with Crippen molar-refractivity contribution in [3.8, 4) is 0 Å². The second-order valence-corrected chi connectivity index (χ2v) is 8.91. The highest BCUT2D eigenvalue weighted by Crippen LogP contribution is 2.30. The Hall–Kier alpha value is -0.950. The number of likely N-dealkylation sites (tertiary alicyclic amines) is 1. The monoisotopic (exact) mass is 324 g/mol. The van der Waals surface area contributed by atoms with E-state index >= 15 is 0 Å². The van der Waals surface area contributed by atoms with E-state index in [1.54, 1.807) is 6.07 Å². The molecular formula is C16H24N2O3S. The van der Waals surface area contributed by atoms with Crippen molar-refractivity contribution in [3.63, 3.8) is 0 Å². The molecule has 0 atom stereocenters. The molecule has 0 spiro atoms. The van der Waals surface area contributed by atoms with Crippen LogP contribution in [0.4, 0.5) is 0 Å². The summed E-state index contributed by atoms with van der Waals surface area (Å²) in [6, 6.07) is 7.35. The van der Waals surface area contributed by atoms with Gasteiger partial charge in [0.25, 0.3) is 0 Å². The van der Waals surface area contributed by atoms with Gasteiger partial charge >= 0.3 is 0 Å². The molecule has 122 valence electrons. The Kier molecular flexibility index (Phi) is 4.29. The summed E-state index contributed by atoms with van der Waals surface area (Å²) in [5.74, 6) is 0. The fourth-order valence-electron chi connectivity index (χ4n) is 3.27. The number of rotatable bonds is 4. The van der Waals surface area contributed by atoms with Gasteiger partial charge in [-0.2, -0.15) is 4.31 Å². The molecule has 22 heavy (non-hydrogen) atoms. The average Bonchev–Trinajstić information content (AvgIpc) is 2.46. The third kappa shape index (κ3) is 3.35. The van der Waals surface area contributed by atoms with E-state index in [1.165, 1.54) is 4.31 Å². The molecular weight excluding hydrogens is 300 g/mol. The van der Waals surface area contributed by atoms with Crippen LogP contribution in [0.2, 0.25) is 0 Å². The molecule has 2 aliphatic rings. The SMILES string of the molecule is CC1(C)CN(Cc2cccc(S(=O)(=O)N3CCOCC3)c2)C1. The first-order valence-corrected chi connectivity index (χ1v) is 9.20. The molecule has 0 saturated carbocycles. The molecule has 2 aliphatic heterocycles. The average molecular weight is 324 g/mol. The number of nitrogens with zero attached hydrogens (tertiary/aromatic N) is 2. The second kappa shape index (κ2) is 5.92. The van der Waals surface area contributed by atoms with E-state index in [2.05, 4.69) is 18.7 Å². The van der Waals surface area contributed by atoms with Crippen LogP contribution in [0.1, 0.15) is 19.4 Å². The van der Waals surface area contributed by atoms with Gasteiger partial charge in [-0.1, -0.05) is 26.0 Å². The Morgan fingerprint density at radius 3 is 2.50 bits per heavy atom. The molecule has 1 aromatic rings. The first-order chi connectivity index (χ1) is 10.4. The minimum atomic E-state index is -3.40. The molecule has 2 saturated heterocycles. The zero-order valence-electron chi connectivity index (χ0n) is 13.3. The van der Waals surface area contributed by atoms with E-state index in [0.717, 1.165) is 25.2 Å². The predicted molar refractivity (Wildman–Crippen MR) is 85.1 cm³/mol. The molecule has 0 unspecified atom stereocenters. The normalized spacial score (nSPS) is 23.2. The molecule has 2 fully saturated rings. The van der Waals surface area contributed by atoms with E-state index in [-0.39, 0.29) is 0 Å². The Balaban J connectivity index is 1.73. The smallest absolute Gasteiger partial charge is 0.243 e. The van der Waals surface area contributed by atoms with Crippen LogP contribution in [0.5, 0.6) is 0 Å². The van der Waals surface area contributed by atoms with Crippen molar-refractivity contribution in [2.24, 2.45) is 5.41 Å². The van der Waals surface area contributed by atoms with Gasteiger partial charge in [0.05, 0.1) is 18.1 Å². The molecule has 1 aromatic carbocycles. The minimum Gasteiger partial charge on any atom is -0.379 e. The molecule has 0 N–H and O–H groups in total. The van der Waals surface area contributed by atoms with Gasteiger partial charge < -0.3 is 4.74 Å². The highest BCUT2D eigenvalue weighted by molar-refractivity contribution is 7.89. The van der Waals surface area contributed by atoms with Crippen LogP contribution in [-0.4, -0.2) is 57.0 Å². The van der Waals surface area contributed by atoms with Crippen molar-refractivity contribution < 1.29 is 13.2 Å². The van der Waals surface area contributed by atoms with Crippen molar-refractivity contribution in [2.75, 3.05) is 39.4 Å². The molecule has 0 aromatic heterocycles. The summed E-state index contributed by atoms with van der Waals surface area (Å²) in [6.45, 7) is 9.27. The van der Waals surface area contributed by atoms with Crippen LogP contribution in [0.25, 0.3) is 0 Å². The Labute approximate surface area is 132 Å². The maximum Gasteiger partial charge on any atom is 0.243 e. The molecule has 2 heterocycles. The van der Waals surface area contributed by atoms with E-state index < -0.39 is 10.0 Å². The van der Waals surface area contributed by atoms with Crippen molar-refractivity contribution in [2.45, 2.75) is 25.3 Å². The number of hydrogen-bond acceptors (Lipinski definition) is 4. The molecule has 0 amide bonds. The lowest BCUT2D eigenvalue weighted by molar-refractivity contribution is 0.0242. The van der Waals surface area contributed by atoms with Gasteiger partial charge in [-0.3, -0.25) is 4.90 Å². The lowest BCUT2D eigenvalue weighted by atomic mass is 9.84. The maximum atomic E-state index is 12.7. The molecule has 0 radical (unpaired) electrons. The number of benzene rings is 1. The van der Waals surface area contributed by atoms with E-state index in [4.69, 9.17) is 4.74 Å². The van der Waals surface area contributed by atoms with E-state index in [0.29, 0.717) is 36.6 Å². The van der Waals surface area contributed by atoms with Crippen LogP contribution in [-0.2, 0) is 21.3 Å². The Morgan fingerprint density at radius 2 is 1.86 bits per heavy atom. The summed E-state index contributed by atoms with van der Waals surface area (Å²) in [5.41, 5.74) is 1.45. The van der Waals surface area contributed by atoms with Crippen molar-refractivity contribution in [3.05, 3.63) is 29.8 Å². The van der Waals surface area contributed by atoms with Crippen LogP contribution in [0.15, 0.2) is 29.2 Å². The van der Waals surface area contributed by atoms with Crippen LogP contribution in [0, 0.1) is 5.41 Å². The minimum absolute atomic E-state index is 0.386. The van der Waals surface area contributed by atoms with Gasteiger partial charge in [0.1, 0.15) is 0 Å². The number of hydrogen-bond donors (Lipinski definition) is 0. The predicted octanol–water partition coefficient (Wildman–Crippen LogP) is 1.55. The number of ether oxygens (including phenoxy) is 1.